The first-order valence-corrected chi connectivity index (χ1v) is 11.2. The predicted molar refractivity (Wildman–Crippen MR) is 121 cm³/mol. The molecule has 0 bridgehead atoms. The van der Waals surface area contributed by atoms with Crippen LogP contribution >= 0.6 is 12.4 Å². The number of hydrogen-bond acceptors (Lipinski definition) is 1. The highest BCUT2D eigenvalue weighted by Gasteiger charge is 1.95. The standard InChI is InChI=1S/C24H43N.ClH/c1-2-3-4-5-6-7-8-9-10-11-12-13-14-18-22-25-23-21-24-19-16-15-17-20-24;/h15-17,19-20,25H,2-14,18,21-23H2,1H3;1H. The summed E-state index contributed by atoms with van der Waals surface area (Å²) in [5, 5.41) is 3.58. The van der Waals surface area contributed by atoms with Gasteiger partial charge in [-0.3, -0.25) is 0 Å². The van der Waals surface area contributed by atoms with Crippen LogP contribution in [0.25, 0.3) is 0 Å². The number of unbranched alkanes of at least 4 members (excludes halogenated alkanes) is 13. The van der Waals surface area contributed by atoms with Crippen molar-refractivity contribution in [2.24, 2.45) is 0 Å². The van der Waals surface area contributed by atoms with E-state index in [-0.39, 0.29) is 12.4 Å². The number of rotatable bonds is 18. The van der Waals surface area contributed by atoms with Gasteiger partial charge in [0.2, 0.25) is 0 Å². The van der Waals surface area contributed by atoms with E-state index >= 15 is 0 Å². The van der Waals surface area contributed by atoms with Crippen molar-refractivity contribution >= 4 is 12.4 Å². The van der Waals surface area contributed by atoms with Crippen molar-refractivity contribution in [3.63, 3.8) is 0 Å². The van der Waals surface area contributed by atoms with Gasteiger partial charge in [0.15, 0.2) is 0 Å². The van der Waals surface area contributed by atoms with Crippen molar-refractivity contribution in [1.29, 1.82) is 0 Å². The van der Waals surface area contributed by atoms with Crippen molar-refractivity contribution in [2.45, 2.75) is 103 Å². The van der Waals surface area contributed by atoms with Gasteiger partial charge in [-0.15, -0.1) is 12.4 Å². The fourth-order valence-corrected chi connectivity index (χ4v) is 3.45. The number of benzene rings is 1. The summed E-state index contributed by atoms with van der Waals surface area (Å²) in [6.07, 6.45) is 21.3. The molecule has 0 radical (unpaired) electrons. The monoisotopic (exact) mass is 381 g/mol. The minimum Gasteiger partial charge on any atom is -0.316 e. The van der Waals surface area contributed by atoms with Crippen molar-refractivity contribution < 1.29 is 0 Å². The lowest BCUT2D eigenvalue weighted by Crippen LogP contribution is -2.18. The summed E-state index contributed by atoms with van der Waals surface area (Å²) >= 11 is 0. The van der Waals surface area contributed by atoms with Crippen LogP contribution in [0.3, 0.4) is 0 Å². The van der Waals surface area contributed by atoms with E-state index in [4.69, 9.17) is 0 Å². The first-order valence-electron chi connectivity index (χ1n) is 11.2. The third-order valence-corrected chi connectivity index (χ3v) is 5.14. The van der Waals surface area contributed by atoms with Crippen LogP contribution in [0.1, 0.15) is 102 Å². The fourth-order valence-electron chi connectivity index (χ4n) is 3.45. The maximum Gasteiger partial charge on any atom is -0.000835 e. The van der Waals surface area contributed by atoms with E-state index in [1.165, 1.54) is 102 Å². The zero-order valence-corrected chi connectivity index (χ0v) is 18.1. The Balaban J connectivity index is 0.00000625. The number of halogens is 1. The lowest BCUT2D eigenvalue weighted by atomic mass is 10.0. The van der Waals surface area contributed by atoms with E-state index in [0.717, 1.165) is 13.0 Å². The minimum atomic E-state index is 0. The summed E-state index contributed by atoms with van der Waals surface area (Å²) < 4.78 is 0. The molecule has 0 aliphatic heterocycles. The Hall–Kier alpha value is -0.530. The molecule has 0 atom stereocenters. The van der Waals surface area contributed by atoms with Gasteiger partial charge in [-0.25, -0.2) is 0 Å². The minimum absolute atomic E-state index is 0. The second-order valence-electron chi connectivity index (χ2n) is 7.58. The summed E-state index contributed by atoms with van der Waals surface area (Å²) in [6.45, 7) is 4.59. The van der Waals surface area contributed by atoms with Crippen molar-refractivity contribution in [1.82, 2.24) is 5.32 Å². The molecule has 152 valence electrons. The van der Waals surface area contributed by atoms with Crippen LogP contribution in [-0.2, 0) is 6.42 Å². The highest BCUT2D eigenvalue weighted by atomic mass is 35.5. The Morgan fingerprint density at radius 1 is 0.577 bits per heavy atom. The highest BCUT2D eigenvalue weighted by Crippen LogP contribution is 2.12. The fraction of sp³-hybridized carbons (Fsp3) is 0.750. The third kappa shape index (κ3) is 16.9. The summed E-state index contributed by atoms with van der Waals surface area (Å²) in [5.74, 6) is 0. The molecule has 0 spiro atoms. The summed E-state index contributed by atoms with van der Waals surface area (Å²) in [7, 11) is 0. The zero-order valence-electron chi connectivity index (χ0n) is 17.3. The molecule has 0 saturated carbocycles. The average Bonchev–Trinajstić information content (AvgIpc) is 2.65. The lowest BCUT2D eigenvalue weighted by Gasteiger charge is -2.05. The maximum absolute atomic E-state index is 3.58. The van der Waals surface area contributed by atoms with Crippen LogP contribution in [0.4, 0.5) is 0 Å². The molecule has 0 heterocycles. The second-order valence-corrected chi connectivity index (χ2v) is 7.58. The molecule has 0 aliphatic carbocycles. The Labute approximate surface area is 170 Å². The van der Waals surface area contributed by atoms with Crippen LogP contribution in [0, 0.1) is 0 Å². The molecule has 2 heteroatoms. The van der Waals surface area contributed by atoms with Gasteiger partial charge >= 0.3 is 0 Å². The van der Waals surface area contributed by atoms with Gasteiger partial charge in [0.25, 0.3) is 0 Å². The van der Waals surface area contributed by atoms with E-state index in [2.05, 4.69) is 42.6 Å². The molecule has 0 aromatic heterocycles. The lowest BCUT2D eigenvalue weighted by molar-refractivity contribution is 0.530. The van der Waals surface area contributed by atoms with E-state index in [9.17, 15) is 0 Å². The molecular formula is C24H44ClN. The quantitative estimate of drug-likeness (QED) is 0.256. The van der Waals surface area contributed by atoms with Crippen LogP contribution in [0.15, 0.2) is 30.3 Å². The molecule has 1 N–H and O–H groups in total. The van der Waals surface area contributed by atoms with Crippen molar-refractivity contribution in [3.05, 3.63) is 35.9 Å². The van der Waals surface area contributed by atoms with Gasteiger partial charge in [-0.1, -0.05) is 121 Å². The number of hydrogen-bond donors (Lipinski definition) is 1. The van der Waals surface area contributed by atoms with E-state index < -0.39 is 0 Å². The predicted octanol–water partition coefficient (Wildman–Crippen LogP) is 7.72. The summed E-state index contributed by atoms with van der Waals surface area (Å²) in [5.41, 5.74) is 1.44. The molecule has 0 saturated heterocycles. The molecule has 0 unspecified atom stereocenters. The van der Waals surface area contributed by atoms with Gasteiger partial charge < -0.3 is 5.32 Å². The molecule has 1 rings (SSSR count). The van der Waals surface area contributed by atoms with Crippen molar-refractivity contribution in [2.75, 3.05) is 13.1 Å². The summed E-state index contributed by atoms with van der Waals surface area (Å²) in [4.78, 5) is 0. The summed E-state index contributed by atoms with van der Waals surface area (Å²) in [6, 6.07) is 10.8. The molecule has 1 nitrogen and oxygen atoms in total. The topological polar surface area (TPSA) is 12.0 Å². The third-order valence-electron chi connectivity index (χ3n) is 5.14. The Bertz CT molecular complexity index is 366. The van der Waals surface area contributed by atoms with Crippen LogP contribution in [0.5, 0.6) is 0 Å². The molecule has 0 fully saturated rings. The van der Waals surface area contributed by atoms with Gasteiger partial charge in [0.1, 0.15) is 0 Å². The van der Waals surface area contributed by atoms with Gasteiger partial charge in [-0.05, 0) is 31.5 Å². The first-order chi connectivity index (χ1) is 12.4. The molecule has 0 amide bonds. The average molecular weight is 382 g/mol. The Kier molecular flexibility index (Phi) is 20.4. The van der Waals surface area contributed by atoms with E-state index in [1.54, 1.807) is 0 Å². The maximum atomic E-state index is 3.58. The zero-order chi connectivity index (χ0) is 17.8. The Morgan fingerprint density at radius 3 is 1.54 bits per heavy atom. The molecule has 0 aliphatic rings. The van der Waals surface area contributed by atoms with Gasteiger partial charge in [-0.2, -0.15) is 0 Å². The normalized spacial score (nSPS) is 10.7. The van der Waals surface area contributed by atoms with Gasteiger partial charge in [0, 0.05) is 0 Å². The van der Waals surface area contributed by atoms with E-state index in [1.807, 2.05) is 0 Å². The van der Waals surface area contributed by atoms with Crippen LogP contribution in [-0.4, -0.2) is 13.1 Å². The smallest absolute Gasteiger partial charge is 0.000835 e. The Morgan fingerprint density at radius 2 is 1.04 bits per heavy atom. The van der Waals surface area contributed by atoms with E-state index in [0.29, 0.717) is 0 Å². The molecular weight excluding hydrogens is 338 g/mol. The van der Waals surface area contributed by atoms with Crippen molar-refractivity contribution in [3.8, 4) is 0 Å². The molecule has 1 aromatic rings. The number of nitrogens with one attached hydrogen (secondary N) is 1. The van der Waals surface area contributed by atoms with Crippen LogP contribution < -0.4 is 5.32 Å². The van der Waals surface area contributed by atoms with Crippen LogP contribution in [0.2, 0.25) is 0 Å². The second kappa shape index (κ2) is 20.8. The van der Waals surface area contributed by atoms with Gasteiger partial charge in [0.05, 0.1) is 0 Å². The molecule has 26 heavy (non-hydrogen) atoms. The first kappa shape index (κ1) is 25.5. The SMILES string of the molecule is CCCCCCCCCCCCCCCCNCCc1ccccc1.Cl. The highest BCUT2D eigenvalue weighted by molar-refractivity contribution is 5.85. The molecule has 1 aromatic carbocycles. The largest absolute Gasteiger partial charge is 0.316 e.